The highest BCUT2D eigenvalue weighted by Crippen LogP contribution is 2.38. The zero-order valence-corrected chi connectivity index (χ0v) is 11.4. The summed E-state index contributed by atoms with van der Waals surface area (Å²) in [5, 5.41) is 13.2. The molecule has 0 bridgehead atoms. The number of rotatable bonds is 5. The molecule has 2 N–H and O–H groups in total. The maximum absolute atomic E-state index is 9.71. The highest BCUT2D eigenvalue weighted by Gasteiger charge is 2.31. The fourth-order valence-electron chi connectivity index (χ4n) is 2.97. The molecular weight excluding hydrogens is 198 g/mol. The van der Waals surface area contributed by atoms with E-state index in [4.69, 9.17) is 0 Å². The van der Waals surface area contributed by atoms with Crippen LogP contribution in [-0.2, 0) is 0 Å². The minimum absolute atomic E-state index is 0.160. The van der Waals surface area contributed by atoms with Gasteiger partial charge in [0, 0.05) is 12.6 Å². The van der Waals surface area contributed by atoms with E-state index in [1.54, 1.807) is 0 Å². The van der Waals surface area contributed by atoms with Crippen molar-refractivity contribution in [1.82, 2.24) is 5.32 Å². The average Bonchev–Trinajstić information content (AvgIpc) is 2.15. The lowest BCUT2D eigenvalue weighted by atomic mass is 9.70. The van der Waals surface area contributed by atoms with Gasteiger partial charge < -0.3 is 10.4 Å². The van der Waals surface area contributed by atoms with Crippen LogP contribution in [0.4, 0.5) is 0 Å². The highest BCUT2D eigenvalue weighted by molar-refractivity contribution is 4.87. The second-order valence-electron chi connectivity index (χ2n) is 6.34. The summed E-state index contributed by atoms with van der Waals surface area (Å²) < 4.78 is 0. The third-order valence-corrected chi connectivity index (χ3v) is 3.93. The van der Waals surface area contributed by atoms with Crippen molar-refractivity contribution in [2.45, 2.75) is 71.9 Å². The molecule has 96 valence electrons. The number of aliphatic hydroxyl groups is 1. The van der Waals surface area contributed by atoms with E-state index in [9.17, 15) is 5.11 Å². The highest BCUT2D eigenvalue weighted by atomic mass is 16.3. The molecule has 0 heterocycles. The van der Waals surface area contributed by atoms with Gasteiger partial charge in [-0.2, -0.15) is 0 Å². The predicted octanol–water partition coefficient (Wildman–Crippen LogP) is 2.95. The van der Waals surface area contributed by atoms with Crippen molar-refractivity contribution in [3.05, 3.63) is 0 Å². The Bertz CT molecular complexity index is 203. The summed E-state index contributed by atoms with van der Waals surface area (Å²) in [7, 11) is 0. The number of aliphatic hydroxyl groups excluding tert-OH is 1. The van der Waals surface area contributed by atoms with E-state index < -0.39 is 0 Å². The second kappa shape index (κ2) is 6.02. The SMILES string of the molecule is CCCC(O)CNC1CCC(C)(C)CC1C. The van der Waals surface area contributed by atoms with Crippen LogP contribution in [-0.4, -0.2) is 23.8 Å². The monoisotopic (exact) mass is 227 g/mol. The van der Waals surface area contributed by atoms with Crippen molar-refractivity contribution in [3.63, 3.8) is 0 Å². The Kier molecular flexibility index (Phi) is 5.26. The lowest BCUT2D eigenvalue weighted by Crippen LogP contribution is -2.44. The first-order valence-corrected chi connectivity index (χ1v) is 6.86. The Morgan fingerprint density at radius 3 is 2.69 bits per heavy atom. The number of nitrogens with one attached hydrogen (secondary N) is 1. The summed E-state index contributed by atoms with van der Waals surface area (Å²) >= 11 is 0. The molecule has 3 atom stereocenters. The van der Waals surface area contributed by atoms with Gasteiger partial charge in [-0.15, -0.1) is 0 Å². The summed E-state index contributed by atoms with van der Waals surface area (Å²) in [6.45, 7) is 9.96. The molecule has 0 aromatic rings. The molecule has 0 aliphatic heterocycles. The quantitative estimate of drug-likeness (QED) is 0.757. The van der Waals surface area contributed by atoms with Crippen LogP contribution in [0.3, 0.4) is 0 Å². The van der Waals surface area contributed by atoms with E-state index in [1.165, 1.54) is 19.3 Å². The van der Waals surface area contributed by atoms with E-state index in [0.29, 0.717) is 11.5 Å². The van der Waals surface area contributed by atoms with Gasteiger partial charge >= 0.3 is 0 Å². The van der Waals surface area contributed by atoms with Gasteiger partial charge in [-0.05, 0) is 37.0 Å². The minimum Gasteiger partial charge on any atom is -0.392 e. The third-order valence-electron chi connectivity index (χ3n) is 3.93. The Hall–Kier alpha value is -0.0800. The Morgan fingerprint density at radius 1 is 1.44 bits per heavy atom. The zero-order chi connectivity index (χ0) is 12.2. The second-order valence-corrected chi connectivity index (χ2v) is 6.34. The van der Waals surface area contributed by atoms with Crippen LogP contribution in [0.5, 0.6) is 0 Å². The van der Waals surface area contributed by atoms with E-state index in [1.807, 2.05) is 0 Å². The van der Waals surface area contributed by atoms with Gasteiger partial charge in [0.1, 0.15) is 0 Å². The molecule has 3 unspecified atom stereocenters. The summed E-state index contributed by atoms with van der Waals surface area (Å²) in [4.78, 5) is 0. The zero-order valence-electron chi connectivity index (χ0n) is 11.4. The van der Waals surface area contributed by atoms with Crippen molar-refractivity contribution in [2.24, 2.45) is 11.3 Å². The smallest absolute Gasteiger partial charge is 0.0664 e. The van der Waals surface area contributed by atoms with Gasteiger partial charge in [0.15, 0.2) is 0 Å². The van der Waals surface area contributed by atoms with Crippen molar-refractivity contribution in [2.75, 3.05) is 6.54 Å². The molecule has 1 rings (SSSR count). The topological polar surface area (TPSA) is 32.3 Å². The normalized spacial score (nSPS) is 31.3. The van der Waals surface area contributed by atoms with Gasteiger partial charge in [-0.1, -0.05) is 34.1 Å². The van der Waals surface area contributed by atoms with Crippen LogP contribution in [0.1, 0.15) is 59.8 Å². The van der Waals surface area contributed by atoms with Crippen molar-refractivity contribution in [1.29, 1.82) is 0 Å². The summed E-state index contributed by atoms with van der Waals surface area (Å²) in [5.74, 6) is 0.734. The molecule has 1 saturated carbocycles. The van der Waals surface area contributed by atoms with Crippen LogP contribution in [0.15, 0.2) is 0 Å². The van der Waals surface area contributed by atoms with Crippen molar-refractivity contribution >= 4 is 0 Å². The van der Waals surface area contributed by atoms with Gasteiger partial charge in [0.25, 0.3) is 0 Å². The number of hydrogen-bond acceptors (Lipinski definition) is 2. The first-order chi connectivity index (χ1) is 7.44. The first kappa shape index (κ1) is 14.0. The Balaban J connectivity index is 2.28. The van der Waals surface area contributed by atoms with Gasteiger partial charge in [0.05, 0.1) is 6.10 Å². The van der Waals surface area contributed by atoms with Crippen molar-refractivity contribution < 1.29 is 5.11 Å². The van der Waals surface area contributed by atoms with E-state index >= 15 is 0 Å². The molecule has 2 nitrogen and oxygen atoms in total. The standard InChI is InChI=1S/C14H29NO/c1-5-6-12(16)10-15-13-7-8-14(3,4)9-11(13)2/h11-13,15-16H,5-10H2,1-4H3. The molecular formula is C14H29NO. The van der Waals surface area contributed by atoms with E-state index in [0.717, 1.165) is 25.3 Å². The van der Waals surface area contributed by atoms with E-state index in [-0.39, 0.29) is 6.10 Å². The lowest BCUT2D eigenvalue weighted by molar-refractivity contribution is 0.119. The maximum atomic E-state index is 9.71. The molecule has 0 aromatic carbocycles. The fraction of sp³-hybridized carbons (Fsp3) is 1.00. The van der Waals surface area contributed by atoms with Crippen LogP contribution >= 0.6 is 0 Å². The Labute approximate surface area is 101 Å². The third kappa shape index (κ3) is 4.42. The molecule has 1 fully saturated rings. The van der Waals surface area contributed by atoms with Crippen LogP contribution in [0.2, 0.25) is 0 Å². The molecule has 2 heteroatoms. The van der Waals surface area contributed by atoms with Gasteiger partial charge in [-0.3, -0.25) is 0 Å². The average molecular weight is 227 g/mol. The summed E-state index contributed by atoms with van der Waals surface area (Å²) in [5.41, 5.74) is 0.514. The maximum Gasteiger partial charge on any atom is 0.0664 e. The fourth-order valence-corrected chi connectivity index (χ4v) is 2.97. The largest absolute Gasteiger partial charge is 0.392 e. The van der Waals surface area contributed by atoms with Gasteiger partial charge in [-0.25, -0.2) is 0 Å². The molecule has 0 amide bonds. The molecule has 0 saturated heterocycles. The van der Waals surface area contributed by atoms with Gasteiger partial charge in [0.2, 0.25) is 0 Å². The lowest BCUT2D eigenvalue weighted by Gasteiger charge is -2.40. The molecule has 1 aliphatic carbocycles. The van der Waals surface area contributed by atoms with Crippen LogP contribution in [0.25, 0.3) is 0 Å². The van der Waals surface area contributed by atoms with Crippen LogP contribution in [0, 0.1) is 11.3 Å². The molecule has 0 aromatic heterocycles. The predicted molar refractivity (Wildman–Crippen MR) is 69.5 cm³/mol. The summed E-state index contributed by atoms with van der Waals surface area (Å²) in [6, 6.07) is 0.611. The molecule has 0 radical (unpaired) electrons. The Morgan fingerprint density at radius 2 is 2.12 bits per heavy atom. The number of hydrogen-bond donors (Lipinski definition) is 2. The molecule has 16 heavy (non-hydrogen) atoms. The minimum atomic E-state index is -0.160. The first-order valence-electron chi connectivity index (χ1n) is 6.86. The van der Waals surface area contributed by atoms with Crippen molar-refractivity contribution in [3.8, 4) is 0 Å². The van der Waals surface area contributed by atoms with E-state index in [2.05, 4.69) is 33.0 Å². The molecule has 0 spiro atoms. The molecule has 1 aliphatic rings. The van der Waals surface area contributed by atoms with Crippen LogP contribution < -0.4 is 5.32 Å². The summed E-state index contributed by atoms with van der Waals surface area (Å²) in [6.07, 6.45) is 5.68.